The van der Waals surface area contributed by atoms with Gasteiger partial charge in [0.2, 0.25) is 5.91 Å². The Kier molecular flexibility index (Phi) is 8.50. The smallest absolute Gasteiger partial charge is 0.257 e. The number of imide groups is 1. The Hall–Kier alpha value is -2.30. The van der Waals surface area contributed by atoms with Gasteiger partial charge < -0.3 is 9.84 Å². The molecule has 0 bridgehead atoms. The number of hydrogen-bond donors (Lipinski definition) is 2. The molecule has 2 N–H and O–H groups in total. The standard InChI is InChI=1S/C18H25NO4/c1-3-5-6-7-8-9-10-17(21)19-18(22)14-11-12-15(20)16(13-14)23-4-2/h6-7,11-13,20H,3-5,8-10H2,1-2H3,(H,19,21,22)/b7-6+. The van der Waals surface area contributed by atoms with Crippen LogP contribution in [0.15, 0.2) is 30.4 Å². The molecule has 2 amide bonds. The Balaban J connectivity index is 2.46. The zero-order valence-electron chi connectivity index (χ0n) is 13.8. The van der Waals surface area contributed by atoms with Crippen LogP contribution in [-0.4, -0.2) is 23.5 Å². The lowest BCUT2D eigenvalue weighted by molar-refractivity contribution is -0.120. The van der Waals surface area contributed by atoms with Gasteiger partial charge in [0.15, 0.2) is 11.5 Å². The monoisotopic (exact) mass is 319 g/mol. The predicted octanol–water partition coefficient (Wildman–Crippen LogP) is 3.57. The number of rotatable bonds is 9. The lowest BCUT2D eigenvalue weighted by Gasteiger charge is -2.08. The summed E-state index contributed by atoms with van der Waals surface area (Å²) in [5.74, 6) is -0.593. The molecule has 5 nitrogen and oxygen atoms in total. The van der Waals surface area contributed by atoms with E-state index in [1.165, 1.54) is 18.2 Å². The van der Waals surface area contributed by atoms with Crippen molar-refractivity contribution in [2.45, 2.75) is 46.0 Å². The number of amides is 2. The fourth-order valence-corrected chi connectivity index (χ4v) is 1.97. The first-order valence-corrected chi connectivity index (χ1v) is 8.03. The van der Waals surface area contributed by atoms with Crippen molar-refractivity contribution >= 4 is 11.8 Å². The van der Waals surface area contributed by atoms with Crippen LogP contribution in [0, 0.1) is 0 Å². The van der Waals surface area contributed by atoms with E-state index in [0.717, 1.165) is 19.3 Å². The highest BCUT2D eigenvalue weighted by atomic mass is 16.5. The molecular weight excluding hydrogens is 294 g/mol. The first kappa shape index (κ1) is 18.7. The Morgan fingerprint density at radius 2 is 1.96 bits per heavy atom. The molecule has 23 heavy (non-hydrogen) atoms. The third kappa shape index (κ3) is 7.00. The van der Waals surface area contributed by atoms with Crippen LogP contribution in [0.5, 0.6) is 11.5 Å². The minimum absolute atomic E-state index is 0.0337. The van der Waals surface area contributed by atoms with Gasteiger partial charge in [-0.3, -0.25) is 14.9 Å². The second-order valence-corrected chi connectivity index (χ2v) is 5.15. The number of ether oxygens (including phenoxy) is 1. The molecule has 0 saturated carbocycles. The van der Waals surface area contributed by atoms with Gasteiger partial charge in [-0.05, 0) is 44.4 Å². The Morgan fingerprint density at radius 3 is 2.65 bits per heavy atom. The maximum atomic E-state index is 12.0. The number of unbranched alkanes of at least 4 members (excludes halogenated alkanes) is 2. The van der Waals surface area contributed by atoms with Gasteiger partial charge in [-0.1, -0.05) is 25.5 Å². The topological polar surface area (TPSA) is 75.6 Å². The quantitative estimate of drug-likeness (QED) is 0.539. The van der Waals surface area contributed by atoms with Gasteiger partial charge in [0, 0.05) is 12.0 Å². The summed E-state index contributed by atoms with van der Waals surface area (Å²) in [6.45, 7) is 4.28. The zero-order valence-corrected chi connectivity index (χ0v) is 13.8. The normalized spacial score (nSPS) is 10.7. The Labute approximate surface area is 137 Å². The van der Waals surface area contributed by atoms with Crippen LogP contribution in [0.1, 0.15) is 56.3 Å². The van der Waals surface area contributed by atoms with E-state index >= 15 is 0 Å². The second kappa shape index (κ2) is 10.4. The number of allylic oxidation sites excluding steroid dienone is 2. The van der Waals surface area contributed by atoms with E-state index in [9.17, 15) is 14.7 Å². The third-order valence-corrected chi connectivity index (χ3v) is 3.17. The average molecular weight is 319 g/mol. The lowest BCUT2D eigenvalue weighted by atomic mass is 10.1. The second-order valence-electron chi connectivity index (χ2n) is 5.15. The fourth-order valence-electron chi connectivity index (χ4n) is 1.97. The minimum atomic E-state index is -0.488. The summed E-state index contributed by atoms with van der Waals surface area (Å²) < 4.78 is 5.22. The molecule has 0 aromatic heterocycles. The molecule has 0 radical (unpaired) electrons. The van der Waals surface area contributed by atoms with E-state index in [-0.39, 0.29) is 23.0 Å². The van der Waals surface area contributed by atoms with E-state index < -0.39 is 5.91 Å². The maximum Gasteiger partial charge on any atom is 0.257 e. The van der Waals surface area contributed by atoms with E-state index in [4.69, 9.17) is 4.74 Å². The highest BCUT2D eigenvalue weighted by Crippen LogP contribution is 2.26. The van der Waals surface area contributed by atoms with Crippen LogP contribution in [0.4, 0.5) is 0 Å². The number of benzene rings is 1. The predicted molar refractivity (Wildman–Crippen MR) is 89.6 cm³/mol. The largest absolute Gasteiger partial charge is 0.504 e. The zero-order chi connectivity index (χ0) is 17.1. The summed E-state index contributed by atoms with van der Waals surface area (Å²) in [7, 11) is 0. The summed E-state index contributed by atoms with van der Waals surface area (Å²) in [6, 6.07) is 4.26. The summed E-state index contributed by atoms with van der Waals surface area (Å²) in [4.78, 5) is 23.8. The number of nitrogens with one attached hydrogen (secondary N) is 1. The molecule has 1 rings (SSSR count). The lowest BCUT2D eigenvalue weighted by Crippen LogP contribution is -2.30. The summed E-state index contributed by atoms with van der Waals surface area (Å²) >= 11 is 0. The van der Waals surface area contributed by atoms with Crippen molar-refractivity contribution in [1.82, 2.24) is 5.32 Å². The van der Waals surface area contributed by atoms with Gasteiger partial charge in [-0.2, -0.15) is 0 Å². The molecule has 0 saturated heterocycles. The van der Waals surface area contributed by atoms with Crippen LogP contribution in [-0.2, 0) is 4.79 Å². The molecule has 126 valence electrons. The molecule has 1 aromatic carbocycles. The van der Waals surface area contributed by atoms with Crippen molar-refractivity contribution in [2.24, 2.45) is 0 Å². The minimum Gasteiger partial charge on any atom is -0.504 e. The molecule has 1 aromatic rings. The molecular formula is C18H25NO4. The van der Waals surface area contributed by atoms with E-state index in [0.29, 0.717) is 19.4 Å². The van der Waals surface area contributed by atoms with Gasteiger partial charge in [0.05, 0.1) is 6.61 Å². The van der Waals surface area contributed by atoms with Crippen LogP contribution < -0.4 is 10.1 Å². The fraction of sp³-hybridized carbons (Fsp3) is 0.444. The maximum absolute atomic E-state index is 12.0. The van der Waals surface area contributed by atoms with Crippen molar-refractivity contribution in [2.75, 3.05) is 6.61 Å². The summed E-state index contributed by atoms with van der Waals surface area (Å²) in [6.07, 6.45) is 8.17. The SMILES string of the molecule is CCC/C=C/CCCC(=O)NC(=O)c1ccc(O)c(OCC)c1. The summed E-state index contributed by atoms with van der Waals surface area (Å²) in [5.41, 5.74) is 0.280. The van der Waals surface area contributed by atoms with Crippen molar-refractivity contribution in [3.05, 3.63) is 35.9 Å². The highest BCUT2D eigenvalue weighted by molar-refractivity contribution is 6.04. The van der Waals surface area contributed by atoms with Crippen molar-refractivity contribution in [3.8, 4) is 11.5 Å². The Bertz CT molecular complexity index is 552. The molecule has 0 fully saturated rings. The van der Waals surface area contributed by atoms with Crippen LogP contribution in [0.2, 0.25) is 0 Å². The van der Waals surface area contributed by atoms with Gasteiger partial charge in [-0.25, -0.2) is 0 Å². The number of carbonyl (C=O) groups excluding carboxylic acids is 2. The number of carbonyl (C=O) groups is 2. The van der Waals surface area contributed by atoms with Crippen LogP contribution in [0.3, 0.4) is 0 Å². The van der Waals surface area contributed by atoms with Crippen molar-refractivity contribution < 1.29 is 19.4 Å². The first-order valence-electron chi connectivity index (χ1n) is 8.03. The number of hydrogen-bond acceptors (Lipinski definition) is 4. The average Bonchev–Trinajstić information content (AvgIpc) is 2.53. The molecule has 5 heteroatoms. The van der Waals surface area contributed by atoms with E-state index in [1.807, 2.05) is 0 Å². The van der Waals surface area contributed by atoms with Gasteiger partial charge in [-0.15, -0.1) is 0 Å². The van der Waals surface area contributed by atoms with E-state index in [2.05, 4.69) is 24.4 Å². The van der Waals surface area contributed by atoms with Crippen LogP contribution >= 0.6 is 0 Å². The molecule has 0 unspecified atom stereocenters. The van der Waals surface area contributed by atoms with Gasteiger partial charge >= 0.3 is 0 Å². The highest BCUT2D eigenvalue weighted by Gasteiger charge is 2.12. The summed E-state index contributed by atoms with van der Waals surface area (Å²) in [5, 5.41) is 12.0. The molecule has 0 aliphatic heterocycles. The van der Waals surface area contributed by atoms with Crippen LogP contribution in [0.25, 0.3) is 0 Å². The van der Waals surface area contributed by atoms with E-state index in [1.54, 1.807) is 6.92 Å². The number of aromatic hydroxyl groups is 1. The number of phenols is 1. The Morgan fingerprint density at radius 1 is 1.22 bits per heavy atom. The third-order valence-electron chi connectivity index (χ3n) is 3.17. The van der Waals surface area contributed by atoms with Gasteiger partial charge in [0.1, 0.15) is 0 Å². The van der Waals surface area contributed by atoms with Gasteiger partial charge in [0.25, 0.3) is 5.91 Å². The first-order chi connectivity index (χ1) is 11.1. The molecule has 0 atom stereocenters. The molecule has 0 aliphatic carbocycles. The number of phenolic OH excluding ortho intramolecular Hbond substituents is 1. The van der Waals surface area contributed by atoms with Crippen molar-refractivity contribution in [1.29, 1.82) is 0 Å². The molecule has 0 heterocycles. The molecule has 0 spiro atoms. The van der Waals surface area contributed by atoms with Crippen molar-refractivity contribution in [3.63, 3.8) is 0 Å². The molecule has 0 aliphatic rings.